The lowest BCUT2D eigenvalue weighted by Gasteiger charge is -2.21. The molecule has 0 aliphatic heterocycles. The Hall–Kier alpha value is -1.02. The van der Waals surface area contributed by atoms with Crippen molar-refractivity contribution in [3.63, 3.8) is 0 Å². The van der Waals surface area contributed by atoms with Gasteiger partial charge in [-0.3, -0.25) is 0 Å². The molecular formula is C10H16N2. The molecule has 0 atom stereocenters. The van der Waals surface area contributed by atoms with Gasteiger partial charge in [0.25, 0.3) is 0 Å². The van der Waals surface area contributed by atoms with E-state index in [9.17, 15) is 0 Å². The largest absolute Gasteiger partial charge is 0.371 e. The molecule has 0 heterocycles. The molecule has 0 aliphatic carbocycles. The lowest BCUT2D eigenvalue weighted by atomic mass is 10.3. The predicted octanol–water partition coefficient (Wildman–Crippen LogP) is 1.47. The Morgan fingerprint density at radius 2 is 1.92 bits per heavy atom. The Balaban J connectivity index is 2.66. The molecule has 2 N–H and O–H groups in total. The lowest BCUT2D eigenvalue weighted by molar-refractivity contribution is 0.817. The molecule has 0 saturated heterocycles. The second-order valence-electron chi connectivity index (χ2n) is 2.70. The van der Waals surface area contributed by atoms with E-state index in [1.165, 1.54) is 5.69 Å². The van der Waals surface area contributed by atoms with Crippen LogP contribution in [-0.4, -0.2) is 19.6 Å². The summed E-state index contributed by atoms with van der Waals surface area (Å²) in [5, 5.41) is 0. The van der Waals surface area contributed by atoms with Gasteiger partial charge in [-0.1, -0.05) is 18.2 Å². The Kier molecular flexibility index (Phi) is 3.61. The highest BCUT2D eigenvalue weighted by atomic mass is 15.1. The number of rotatable bonds is 4. The monoisotopic (exact) mass is 164 g/mol. The summed E-state index contributed by atoms with van der Waals surface area (Å²) >= 11 is 0. The topological polar surface area (TPSA) is 29.3 Å². The minimum absolute atomic E-state index is 0.711. The summed E-state index contributed by atoms with van der Waals surface area (Å²) in [5.74, 6) is 0. The van der Waals surface area contributed by atoms with Gasteiger partial charge in [0.15, 0.2) is 0 Å². The van der Waals surface area contributed by atoms with E-state index in [0.29, 0.717) is 6.54 Å². The zero-order valence-corrected chi connectivity index (χ0v) is 7.53. The predicted molar refractivity (Wildman–Crippen MR) is 53.4 cm³/mol. The Bertz CT molecular complexity index is 208. The van der Waals surface area contributed by atoms with Crippen molar-refractivity contribution in [2.75, 3.05) is 24.5 Å². The SMILES string of the molecule is CCN(CCN)c1ccccc1. The number of anilines is 1. The third-order valence-corrected chi connectivity index (χ3v) is 1.90. The van der Waals surface area contributed by atoms with Gasteiger partial charge in [-0.2, -0.15) is 0 Å². The van der Waals surface area contributed by atoms with E-state index in [1.807, 2.05) is 6.07 Å². The first-order valence-electron chi connectivity index (χ1n) is 4.38. The summed E-state index contributed by atoms with van der Waals surface area (Å²) in [6.45, 7) is 4.80. The van der Waals surface area contributed by atoms with Gasteiger partial charge in [-0.25, -0.2) is 0 Å². The maximum Gasteiger partial charge on any atom is 0.0366 e. The Labute approximate surface area is 74.0 Å². The van der Waals surface area contributed by atoms with Crippen LogP contribution >= 0.6 is 0 Å². The quantitative estimate of drug-likeness (QED) is 0.730. The molecule has 2 heteroatoms. The van der Waals surface area contributed by atoms with E-state index >= 15 is 0 Å². The second-order valence-corrected chi connectivity index (χ2v) is 2.70. The van der Waals surface area contributed by atoms with E-state index in [2.05, 4.69) is 36.1 Å². The molecule has 0 spiro atoms. The smallest absolute Gasteiger partial charge is 0.0366 e. The number of likely N-dealkylation sites (N-methyl/N-ethyl adjacent to an activating group) is 1. The van der Waals surface area contributed by atoms with Crippen LogP contribution in [0.15, 0.2) is 30.3 Å². The van der Waals surface area contributed by atoms with Gasteiger partial charge in [0.05, 0.1) is 0 Å². The molecule has 0 bridgehead atoms. The molecule has 0 aliphatic rings. The van der Waals surface area contributed by atoms with Crippen molar-refractivity contribution in [2.24, 2.45) is 5.73 Å². The van der Waals surface area contributed by atoms with Crippen molar-refractivity contribution in [1.82, 2.24) is 0 Å². The van der Waals surface area contributed by atoms with Crippen molar-refractivity contribution in [3.05, 3.63) is 30.3 Å². The van der Waals surface area contributed by atoms with Crippen LogP contribution in [-0.2, 0) is 0 Å². The molecule has 0 fully saturated rings. The number of nitrogens with zero attached hydrogens (tertiary/aromatic N) is 1. The summed E-state index contributed by atoms with van der Waals surface area (Å²) in [4.78, 5) is 2.26. The second kappa shape index (κ2) is 4.78. The Morgan fingerprint density at radius 1 is 1.25 bits per heavy atom. The van der Waals surface area contributed by atoms with Gasteiger partial charge in [-0.15, -0.1) is 0 Å². The van der Waals surface area contributed by atoms with E-state index in [-0.39, 0.29) is 0 Å². The first-order valence-corrected chi connectivity index (χ1v) is 4.38. The molecule has 0 saturated carbocycles. The molecular weight excluding hydrogens is 148 g/mol. The van der Waals surface area contributed by atoms with E-state index < -0.39 is 0 Å². The van der Waals surface area contributed by atoms with E-state index in [0.717, 1.165) is 13.1 Å². The van der Waals surface area contributed by atoms with Gasteiger partial charge in [-0.05, 0) is 19.1 Å². The van der Waals surface area contributed by atoms with Crippen LogP contribution in [0, 0.1) is 0 Å². The molecule has 0 unspecified atom stereocenters. The molecule has 1 aromatic carbocycles. The fraction of sp³-hybridized carbons (Fsp3) is 0.400. The molecule has 0 aromatic heterocycles. The molecule has 1 rings (SSSR count). The molecule has 0 radical (unpaired) electrons. The molecule has 66 valence electrons. The van der Waals surface area contributed by atoms with Crippen molar-refractivity contribution in [1.29, 1.82) is 0 Å². The van der Waals surface area contributed by atoms with Crippen LogP contribution in [0.4, 0.5) is 5.69 Å². The van der Waals surface area contributed by atoms with Crippen LogP contribution in [0.3, 0.4) is 0 Å². The zero-order valence-electron chi connectivity index (χ0n) is 7.53. The highest BCUT2D eigenvalue weighted by Crippen LogP contribution is 2.11. The first kappa shape index (κ1) is 9.07. The average molecular weight is 164 g/mol. The minimum atomic E-state index is 0.711. The highest BCUT2D eigenvalue weighted by molar-refractivity contribution is 5.45. The zero-order chi connectivity index (χ0) is 8.81. The van der Waals surface area contributed by atoms with E-state index in [4.69, 9.17) is 5.73 Å². The van der Waals surface area contributed by atoms with Gasteiger partial charge in [0.2, 0.25) is 0 Å². The number of hydrogen-bond donors (Lipinski definition) is 1. The van der Waals surface area contributed by atoms with Crippen molar-refractivity contribution in [2.45, 2.75) is 6.92 Å². The third kappa shape index (κ3) is 2.24. The standard InChI is InChI=1S/C10H16N2/c1-2-12(9-8-11)10-6-4-3-5-7-10/h3-7H,2,8-9,11H2,1H3. The average Bonchev–Trinajstić information content (AvgIpc) is 2.15. The molecule has 2 nitrogen and oxygen atoms in total. The van der Waals surface area contributed by atoms with Crippen molar-refractivity contribution in [3.8, 4) is 0 Å². The summed E-state index contributed by atoms with van der Waals surface area (Å²) in [6.07, 6.45) is 0. The summed E-state index contributed by atoms with van der Waals surface area (Å²) < 4.78 is 0. The normalized spacial score (nSPS) is 9.83. The third-order valence-electron chi connectivity index (χ3n) is 1.90. The fourth-order valence-corrected chi connectivity index (χ4v) is 1.26. The van der Waals surface area contributed by atoms with Crippen LogP contribution in [0.1, 0.15) is 6.92 Å². The minimum Gasteiger partial charge on any atom is -0.371 e. The molecule has 1 aromatic rings. The highest BCUT2D eigenvalue weighted by Gasteiger charge is 1.99. The number of hydrogen-bond acceptors (Lipinski definition) is 2. The summed E-state index contributed by atoms with van der Waals surface area (Å²) in [7, 11) is 0. The van der Waals surface area contributed by atoms with E-state index in [1.54, 1.807) is 0 Å². The number of benzene rings is 1. The molecule has 12 heavy (non-hydrogen) atoms. The fourth-order valence-electron chi connectivity index (χ4n) is 1.26. The molecule has 0 amide bonds. The first-order chi connectivity index (χ1) is 5.88. The Morgan fingerprint density at radius 3 is 2.42 bits per heavy atom. The van der Waals surface area contributed by atoms with Gasteiger partial charge in [0, 0.05) is 25.3 Å². The van der Waals surface area contributed by atoms with Crippen LogP contribution in [0.2, 0.25) is 0 Å². The van der Waals surface area contributed by atoms with Gasteiger partial charge in [0.1, 0.15) is 0 Å². The van der Waals surface area contributed by atoms with Crippen LogP contribution < -0.4 is 10.6 Å². The summed E-state index contributed by atoms with van der Waals surface area (Å²) in [6, 6.07) is 10.3. The van der Waals surface area contributed by atoms with Crippen molar-refractivity contribution < 1.29 is 0 Å². The summed E-state index contributed by atoms with van der Waals surface area (Å²) in [5.41, 5.74) is 6.76. The van der Waals surface area contributed by atoms with Crippen molar-refractivity contribution >= 4 is 5.69 Å². The maximum absolute atomic E-state index is 5.50. The van der Waals surface area contributed by atoms with Gasteiger partial charge < -0.3 is 10.6 Å². The van der Waals surface area contributed by atoms with Crippen LogP contribution in [0.25, 0.3) is 0 Å². The lowest BCUT2D eigenvalue weighted by Crippen LogP contribution is -2.28. The maximum atomic E-state index is 5.50. The number of para-hydroxylation sites is 1. The number of nitrogens with two attached hydrogens (primary N) is 1. The van der Waals surface area contributed by atoms with Crippen LogP contribution in [0.5, 0.6) is 0 Å². The van der Waals surface area contributed by atoms with Gasteiger partial charge >= 0.3 is 0 Å².